The van der Waals surface area contributed by atoms with Crippen molar-refractivity contribution in [3.05, 3.63) is 60.0 Å². The highest BCUT2D eigenvalue weighted by Crippen LogP contribution is 2.31. The lowest BCUT2D eigenvalue weighted by Crippen LogP contribution is -2.14. The third kappa shape index (κ3) is 3.58. The Morgan fingerprint density at radius 3 is 2.77 bits per heavy atom. The van der Waals surface area contributed by atoms with Gasteiger partial charge in [-0.25, -0.2) is 9.67 Å². The van der Waals surface area contributed by atoms with E-state index in [2.05, 4.69) is 30.6 Å². The molecule has 0 aliphatic heterocycles. The van der Waals surface area contributed by atoms with Gasteiger partial charge in [0.25, 0.3) is 5.91 Å². The molecular formula is C20H19N7O3. The van der Waals surface area contributed by atoms with Gasteiger partial charge in [0, 0.05) is 12.3 Å². The molecule has 0 saturated carbocycles. The number of amides is 1. The number of H-pyrrole nitrogens is 1. The van der Waals surface area contributed by atoms with Crippen molar-refractivity contribution in [2.75, 3.05) is 19.5 Å². The molecule has 10 heteroatoms. The third-order valence-corrected chi connectivity index (χ3v) is 4.50. The van der Waals surface area contributed by atoms with Crippen molar-refractivity contribution in [3.63, 3.8) is 0 Å². The first-order chi connectivity index (χ1) is 14.6. The number of carbonyl (C=O) groups is 1. The number of nitrogens with zero attached hydrogens (tertiary/aromatic N) is 5. The maximum Gasteiger partial charge on any atom is 0.261 e. The van der Waals surface area contributed by atoms with Crippen LogP contribution < -0.4 is 14.8 Å². The Morgan fingerprint density at radius 1 is 1.17 bits per heavy atom. The summed E-state index contributed by atoms with van der Waals surface area (Å²) in [6, 6.07) is 10.8. The lowest BCUT2D eigenvalue weighted by Gasteiger charge is -2.07. The first-order valence-corrected chi connectivity index (χ1v) is 9.03. The van der Waals surface area contributed by atoms with E-state index in [9.17, 15) is 4.79 Å². The van der Waals surface area contributed by atoms with E-state index in [0.29, 0.717) is 40.0 Å². The number of nitrogens with one attached hydrogen (secondary N) is 2. The van der Waals surface area contributed by atoms with Crippen LogP contribution in [0.4, 0.5) is 5.95 Å². The summed E-state index contributed by atoms with van der Waals surface area (Å²) < 4.78 is 12.2. The van der Waals surface area contributed by atoms with Crippen LogP contribution in [0.5, 0.6) is 11.5 Å². The minimum Gasteiger partial charge on any atom is -0.497 e. The Labute approximate surface area is 171 Å². The quantitative estimate of drug-likeness (QED) is 0.506. The van der Waals surface area contributed by atoms with Crippen LogP contribution in [-0.4, -0.2) is 50.1 Å². The molecule has 0 fully saturated rings. The topological polar surface area (TPSA) is 120 Å². The Kier molecular flexibility index (Phi) is 5.12. The molecule has 0 aliphatic rings. The minimum atomic E-state index is -0.373. The van der Waals surface area contributed by atoms with Crippen LogP contribution in [0.2, 0.25) is 0 Å². The molecule has 3 aromatic heterocycles. The van der Waals surface area contributed by atoms with Gasteiger partial charge >= 0.3 is 0 Å². The normalized spacial score (nSPS) is 10.6. The number of aromatic nitrogens is 6. The number of hydrogen-bond donors (Lipinski definition) is 2. The fraction of sp³-hybridized carbons (Fsp3) is 0.150. The van der Waals surface area contributed by atoms with E-state index in [1.807, 2.05) is 18.2 Å². The monoisotopic (exact) mass is 405 g/mol. The van der Waals surface area contributed by atoms with Crippen LogP contribution in [0.1, 0.15) is 16.1 Å². The number of ether oxygens (including phenoxy) is 2. The van der Waals surface area contributed by atoms with E-state index in [4.69, 9.17) is 9.47 Å². The summed E-state index contributed by atoms with van der Waals surface area (Å²) in [6.45, 7) is 1.79. The molecule has 4 aromatic rings. The molecule has 0 radical (unpaired) electrons. The van der Waals surface area contributed by atoms with Crippen molar-refractivity contribution in [1.82, 2.24) is 29.9 Å². The smallest absolute Gasteiger partial charge is 0.261 e. The Bertz CT molecular complexity index is 1180. The van der Waals surface area contributed by atoms with Gasteiger partial charge in [-0.15, -0.1) is 5.10 Å². The maximum absolute atomic E-state index is 12.7. The molecule has 4 rings (SSSR count). The summed E-state index contributed by atoms with van der Waals surface area (Å²) in [6.07, 6.45) is 3.15. The summed E-state index contributed by atoms with van der Waals surface area (Å²) in [7, 11) is 3.13. The maximum atomic E-state index is 12.7. The average Bonchev–Trinajstić information content (AvgIpc) is 3.40. The second-order valence-electron chi connectivity index (χ2n) is 6.27. The van der Waals surface area contributed by atoms with Crippen molar-refractivity contribution in [2.24, 2.45) is 0 Å². The van der Waals surface area contributed by atoms with Gasteiger partial charge in [-0.1, -0.05) is 6.07 Å². The van der Waals surface area contributed by atoms with E-state index >= 15 is 0 Å². The Morgan fingerprint density at radius 2 is 2.03 bits per heavy atom. The van der Waals surface area contributed by atoms with Gasteiger partial charge in [-0.05, 0) is 31.2 Å². The molecule has 0 aliphatic carbocycles. The second kappa shape index (κ2) is 8.03. The van der Waals surface area contributed by atoms with Crippen LogP contribution in [0, 0.1) is 6.92 Å². The van der Waals surface area contributed by atoms with E-state index < -0.39 is 0 Å². The molecular weight excluding hydrogens is 386 g/mol. The molecule has 0 atom stereocenters. The van der Waals surface area contributed by atoms with E-state index in [1.54, 1.807) is 50.2 Å². The largest absolute Gasteiger partial charge is 0.497 e. The van der Waals surface area contributed by atoms with Gasteiger partial charge < -0.3 is 9.47 Å². The molecule has 0 saturated heterocycles. The zero-order chi connectivity index (χ0) is 21.1. The van der Waals surface area contributed by atoms with Crippen LogP contribution >= 0.6 is 0 Å². The highest BCUT2D eigenvalue weighted by molar-refractivity contribution is 6.04. The SMILES string of the molecule is COc1ccc(-c2nc(NC(=O)c3cnn(-c4ccccn4)c3C)n[nH]2)c(OC)c1. The van der Waals surface area contributed by atoms with Gasteiger partial charge in [-0.3, -0.25) is 15.2 Å². The van der Waals surface area contributed by atoms with Crippen molar-refractivity contribution in [2.45, 2.75) is 6.92 Å². The number of methoxy groups -OCH3 is 2. The Hall–Kier alpha value is -4.21. The van der Waals surface area contributed by atoms with Crippen molar-refractivity contribution in [1.29, 1.82) is 0 Å². The van der Waals surface area contributed by atoms with Crippen LogP contribution in [0.25, 0.3) is 17.2 Å². The molecule has 1 aromatic carbocycles. The number of anilines is 1. The first-order valence-electron chi connectivity index (χ1n) is 9.03. The summed E-state index contributed by atoms with van der Waals surface area (Å²) in [5.41, 5.74) is 1.73. The summed E-state index contributed by atoms with van der Waals surface area (Å²) in [5.74, 6) is 2.06. The molecule has 0 unspecified atom stereocenters. The van der Waals surface area contributed by atoms with E-state index in [0.717, 1.165) is 0 Å². The summed E-state index contributed by atoms with van der Waals surface area (Å²) in [5, 5.41) is 13.8. The second-order valence-corrected chi connectivity index (χ2v) is 6.27. The zero-order valence-corrected chi connectivity index (χ0v) is 16.6. The molecule has 30 heavy (non-hydrogen) atoms. The van der Waals surface area contributed by atoms with Gasteiger partial charge in [-0.2, -0.15) is 10.1 Å². The van der Waals surface area contributed by atoms with Gasteiger partial charge in [0.1, 0.15) is 11.5 Å². The number of rotatable bonds is 6. The van der Waals surface area contributed by atoms with Gasteiger partial charge in [0.15, 0.2) is 11.6 Å². The van der Waals surface area contributed by atoms with Crippen molar-refractivity contribution < 1.29 is 14.3 Å². The lowest BCUT2D eigenvalue weighted by atomic mass is 10.2. The third-order valence-electron chi connectivity index (χ3n) is 4.50. The highest BCUT2D eigenvalue weighted by atomic mass is 16.5. The van der Waals surface area contributed by atoms with E-state index in [1.165, 1.54) is 6.20 Å². The number of pyridine rings is 1. The number of carbonyl (C=O) groups excluding carboxylic acids is 1. The first kappa shape index (κ1) is 19.1. The van der Waals surface area contributed by atoms with Crippen molar-refractivity contribution >= 4 is 11.9 Å². The van der Waals surface area contributed by atoms with Gasteiger partial charge in [0.2, 0.25) is 5.95 Å². The number of hydrogen-bond acceptors (Lipinski definition) is 7. The molecule has 0 spiro atoms. The lowest BCUT2D eigenvalue weighted by molar-refractivity contribution is 0.102. The number of benzene rings is 1. The van der Waals surface area contributed by atoms with Crippen LogP contribution in [0.15, 0.2) is 48.8 Å². The predicted octanol–water partition coefficient (Wildman–Crippen LogP) is 2.63. The molecule has 0 bridgehead atoms. The average molecular weight is 405 g/mol. The van der Waals surface area contributed by atoms with E-state index in [-0.39, 0.29) is 11.9 Å². The zero-order valence-electron chi connectivity index (χ0n) is 16.6. The van der Waals surface area contributed by atoms with Gasteiger partial charge in [0.05, 0.1) is 37.2 Å². The molecule has 10 nitrogen and oxygen atoms in total. The molecule has 1 amide bonds. The standard InChI is InChI=1S/C20H19N7O3/c1-12-15(11-22-27(12)17-6-4-5-9-21-17)19(28)24-20-23-18(25-26-20)14-8-7-13(29-2)10-16(14)30-3/h4-11H,1-3H3,(H2,23,24,25,26,28). The molecule has 3 heterocycles. The highest BCUT2D eigenvalue weighted by Gasteiger charge is 2.18. The fourth-order valence-corrected chi connectivity index (χ4v) is 2.94. The summed E-state index contributed by atoms with van der Waals surface area (Å²) in [4.78, 5) is 21.3. The predicted molar refractivity (Wildman–Crippen MR) is 109 cm³/mol. The van der Waals surface area contributed by atoms with Crippen LogP contribution in [-0.2, 0) is 0 Å². The summed E-state index contributed by atoms with van der Waals surface area (Å²) >= 11 is 0. The Balaban J connectivity index is 1.55. The molecule has 2 N–H and O–H groups in total. The molecule has 152 valence electrons. The van der Waals surface area contributed by atoms with Crippen LogP contribution in [0.3, 0.4) is 0 Å². The number of aromatic amines is 1. The minimum absolute atomic E-state index is 0.137. The fourth-order valence-electron chi connectivity index (χ4n) is 2.94. The van der Waals surface area contributed by atoms with Crippen molar-refractivity contribution in [3.8, 4) is 28.7 Å².